The van der Waals surface area contributed by atoms with E-state index in [2.05, 4.69) is 24.1 Å². The van der Waals surface area contributed by atoms with Gasteiger partial charge < -0.3 is 20.7 Å². The smallest absolute Gasteiger partial charge is 0.259 e. The zero-order valence-corrected chi connectivity index (χ0v) is 15.7. The van der Waals surface area contributed by atoms with Gasteiger partial charge in [0.2, 0.25) is 0 Å². The highest BCUT2D eigenvalue weighted by Gasteiger charge is 2.20. The SMILES string of the molecule is COc1ccccc1C(=O)Nc1cc(N2CCC(C)CC2)c(C)cc1N. The van der Waals surface area contributed by atoms with Crippen molar-refractivity contribution in [3.8, 4) is 5.75 Å². The van der Waals surface area contributed by atoms with Crippen molar-refractivity contribution in [1.82, 2.24) is 0 Å². The topological polar surface area (TPSA) is 67.6 Å². The predicted molar refractivity (Wildman–Crippen MR) is 107 cm³/mol. The molecule has 0 atom stereocenters. The highest BCUT2D eigenvalue weighted by atomic mass is 16.5. The molecule has 0 spiro atoms. The number of ether oxygens (including phenoxy) is 1. The van der Waals surface area contributed by atoms with Crippen LogP contribution in [0.5, 0.6) is 5.75 Å². The van der Waals surface area contributed by atoms with Crippen LogP contribution in [0.4, 0.5) is 17.1 Å². The summed E-state index contributed by atoms with van der Waals surface area (Å²) in [6.07, 6.45) is 2.37. The Morgan fingerprint density at radius 2 is 1.92 bits per heavy atom. The number of aryl methyl sites for hydroxylation is 1. The molecule has 1 aliphatic heterocycles. The van der Waals surface area contributed by atoms with Gasteiger partial charge in [0, 0.05) is 18.8 Å². The minimum Gasteiger partial charge on any atom is -0.496 e. The van der Waals surface area contributed by atoms with Gasteiger partial charge in [-0.1, -0.05) is 19.1 Å². The molecule has 138 valence electrons. The van der Waals surface area contributed by atoms with Crippen LogP contribution >= 0.6 is 0 Å². The summed E-state index contributed by atoms with van der Waals surface area (Å²) in [6, 6.07) is 11.1. The largest absolute Gasteiger partial charge is 0.496 e. The lowest BCUT2D eigenvalue weighted by Gasteiger charge is -2.33. The summed E-state index contributed by atoms with van der Waals surface area (Å²) in [6.45, 7) is 6.43. The first kappa shape index (κ1) is 18.1. The van der Waals surface area contributed by atoms with Gasteiger partial charge in [-0.05, 0) is 55.5 Å². The zero-order valence-electron chi connectivity index (χ0n) is 15.7. The van der Waals surface area contributed by atoms with Crippen molar-refractivity contribution >= 4 is 23.0 Å². The van der Waals surface area contributed by atoms with Crippen LogP contribution in [0.1, 0.15) is 35.7 Å². The summed E-state index contributed by atoms with van der Waals surface area (Å²) in [5.41, 5.74) is 10.1. The van der Waals surface area contributed by atoms with E-state index < -0.39 is 0 Å². The molecular formula is C21H27N3O2. The van der Waals surface area contributed by atoms with Gasteiger partial charge in [0.15, 0.2) is 0 Å². The molecule has 1 saturated heterocycles. The van der Waals surface area contributed by atoms with Crippen molar-refractivity contribution < 1.29 is 9.53 Å². The highest BCUT2D eigenvalue weighted by Crippen LogP contribution is 2.33. The van der Waals surface area contributed by atoms with Crippen molar-refractivity contribution in [3.05, 3.63) is 47.5 Å². The number of nitrogens with two attached hydrogens (primary N) is 1. The van der Waals surface area contributed by atoms with Crippen molar-refractivity contribution in [3.63, 3.8) is 0 Å². The molecule has 5 nitrogen and oxygen atoms in total. The Kier molecular flexibility index (Phi) is 5.35. The molecule has 1 amide bonds. The number of carbonyl (C=O) groups is 1. The fraction of sp³-hybridized carbons (Fsp3) is 0.381. The van der Waals surface area contributed by atoms with Gasteiger partial charge in [0.05, 0.1) is 24.0 Å². The van der Waals surface area contributed by atoms with Crippen LogP contribution in [0.25, 0.3) is 0 Å². The molecule has 2 aromatic carbocycles. The molecule has 26 heavy (non-hydrogen) atoms. The molecule has 1 fully saturated rings. The number of hydrogen-bond donors (Lipinski definition) is 2. The lowest BCUT2D eigenvalue weighted by atomic mass is 9.98. The maximum Gasteiger partial charge on any atom is 0.259 e. The Balaban J connectivity index is 1.86. The molecule has 1 heterocycles. The third-order valence-corrected chi connectivity index (χ3v) is 5.09. The summed E-state index contributed by atoms with van der Waals surface area (Å²) in [5.74, 6) is 1.09. The van der Waals surface area contributed by atoms with Gasteiger partial charge in [0.25, 0.3) is 5.91 Å². The summed E-state index contributed by atoms with van der Waals surface area (Å²) in [4.78, 5) is 15.1. The molecule has 2 aromatic rings. The summed E-state index contributed by atoms with van der Waals surface area (Å²) in [5, 5.41) is 2.95. The van der Waals surface area contributed by atoms with Crippen LogP contribution in [0.15, 0.2) is 36.4 Å². The highest BCUT2D eigenvalue weighted by molar-refractivity contribution is 6.07. The lowest BCUT2D eigenvalue weighted by molar-refractivity contribution is 0.102. The lowest BCUT2D eigenvalue weighted by Crippen LogP contribution is -2.33. The second kappa shape index (κ2) is 7.68. The number of piperidine rings is 1. The average molecular weight is 353 g/mol. The minimum absolute atomic E-state index is 0.226. The number of amides is 1. The molecule has 0 bridgehead atoms. The Morgan fingerprint density at radius 3 is 2.62 bits per heavy atom. The Hall–Kier alpha value is -2.69. The number of rotatable bonds is 4. The number of methoxy groups -OCH3 is 1. The maximum absolute atomic E-state index is 12.7. The average Bonchev–Trinajstić information content (AvgIpc) is 2.64. The number of nitrogen functional groups attached to an aromatic ring is 1. The molecule has 0 radical (unpaired) electrons. The van der Waals surface area contributed by atoms with E-state index in [0.29, 0.717) is 22.7 Å². The first-order chi connectivity index (χ1) is 12.5. The van der Waals surface area contributed by atoms with Crippen LogP contribution in [-0.4, -0.2) is 26.1 Å². The fourth-order valence-electron chi connectivity index (χ4n) is 3.44. The van der Waals surface area contributed by atoms with Gasteiger partial charge in [0.1, 0.15) is 5.75 Å². The molecule has 3 N–H and O–H groups in total. The van der Waals surface area contributed by atoms with Gasteiger partial charge in [-0.25, -0.2) is 0 Å². The van der Waals surface area contributed by atoms with Crippen molar-refractivity contribution in [1.29, 1.82) is 0 Å². The number of benzene rings is 2. The molecule has 0 unspecified atom stereocenters. The normalized spacial score (nSPS) is 15.0. The second-order valence-electron chi connectivity index (χ2n) is 7.05. The van der Waals surface area contributed by atoms with E-state index in [9.17, 15) is 4.79 Å². The molecule has 3 rings (SSSR count). The molecular weight excluding hydrogens is 326 g/mol. The van der Waals surface area contributed by atoms with E-state index in [1.165, 1.54) is 12.8 Å². The first-order valence-electron chi connectivity index (χ1n) is 9.09. The Bertz CT molecular complexity index is 796. The van der Waals surface area contributed by atoms with Crippen LogP contribution in [-0.2, 0) is 0 Å². The maximum atomic E-state index is 12.7. The van der Waals surface area contributed by atoms with Crippen molar-refractivity contribution in [2.75, 3.05) is 36.1 Å². The molecule has 5 heteroatoms. The fourth-order valence-corrected chi connectivity index (χ4v) is 3.44. The molecule has 1 aliphatic rings. The monoisotopic (exact) mass is 353 g/mol. The van der Waals surface area contributed by atoms with Gasteiger partial charge in [-0.15, -0.1) is 0 Å². The van der Waals surface area contributed by atoms with Crippen LogP contribution in [0.3, 0.4) is 0 Å². The van der Waals surface area contributed by atoms with E-state index in [1.807, 2.05) is 24.3 Å². The predicted octanol–water partition coefficient (Wildman–Crippen LogP) is 4.07. The minimum atomic E-state index is -0.226. The standard InChI is InChI=1S/C21H27N3O2/c1-14-8-10-24(11-9-14)19-13-18(17(22)12-15(19)2)23-21(25)16-6-4-5-7-20(16)26-3/h4-7,12-14H,8-11,22H2,1-3H3,(H,23,25). The number of carbonyl (C=O) groups excluding carboxylic acids is 1. The van der Waals surface area contributed by atoms with E-state index in [4.69, 9.17) is 10.5 Å². The van der Waals surface area contributed by atoms with Crippen LogP contribution < -0.4 is 20.7 Å². The zero-order chi connectivity index (χ0) is 18.7. The van der Waals surface area contributed by atoms with E-state index >= 15 is 0 Å². The van der Waals surface area contributed by atoms with Gasteiger partial charge >= 0.3 is 0 Å². The molecule has 0 aliphatic carbocycles. The summed E-state index contributed by atoms with van der Waals surface area (Å²) < 4.78 is 5.28. The van der Waals surface area contributed by atoms with Crippen molar-refractivity contribution in [2.24, 2.45) is 5.92 Å². The summed E-state index contributed by atoms with van der Waals surface area (Å²) in [7, 11) is 1.56. The third kappa shape index (κ3) is 3.77. The Morgan fingerprint density at radius 1 is 1.23 bits per heavy atom. The van der Waals surface area contributed by atoms with Crippen LogP contribution in [0.2, 0.25) is 0 Å². The Labute approximate surface area is 155 Å². The molecule has 0 saturated carbocycles. The number of hydrogen-bond acceptors (Lipinski definition) is 4. The van der Waals surface area contributed by atoms with E-state index in [-0.39, 0.29) is 5.91 Å². The number of anilines is 3. The van der Waals surface area contributed by atoms with Crippen molar-refractivity contribution in [2.45, 2.75) is 26.7 Å². The third-order valence-electron chi connectivity index (χ3n) is 5.09. The molecule has 0 aromatic heterocycles. The second-order valence-corrected chi connectivity index (χ2v) is 7.05. The van der Waals surface area contributed by atoms with Gasteiger partial charge in [-0.3, -0.25) is 4.79 Å². The van der Waals surface area contributed by atoms with E-state index in [0.717, 1.165) is 30.3 Å². The van der Waals surface area contributed by atoms with Gasteiger partial charge in [-0.2, -0.15) is 0 Å². The van der Waals surface area contributed by atoms with E-state index in [1.54, 1.807) is 19.2 Å². The van der Waals surface area contributed by atoms with Crippen LogP contribution in [0, 0.1) is 12.8 Å². The first-order valence-corrected chi connectivity index (χ1v) is 9.09. The summed E-state index contributed by atoms with van der Waals surface area (Å²) >= 11 is 0. The quantitative estimate of drug-likeness (QED) is 0.813. The number of nitrogens with one attached hydrogen (secondary N) is 1. The number of nitrogens with zero attached hydrogens (tertiary/aromatic N) is 1. The number of para-hydroxylation sites is 1.